The van der Waals surface area contributed by atoms with Crippen molar-refractivity contribution in [1.29, 1.82) is 0 Å². The molecule has 1 aromatic heterocycles. The number of nitrogens with zero attached hydrogens (tertiary/aromatic N) is 2. The van der Waals surface area contributed by atoms with Gasteiger partial charge in [0.15, 0.2) is 5.82 Å². The zero-order valence-electron chi connectivity index (χ0n) is 12.8. The maximum Gasteiger partial charge on any atom is 0.339 e. The number of thioether (sulfide) groups is 1. The van der Waals surface area contributed by atoms with Crippen LogP contribution in [0, 0.1) is 13.8 Å². The summed E-state index contributed by atoms with van der Waals surface area (Å²) in [5.41, 5.74) is 1.53. The third-order valence-corrected chi connectivity index (χ3v) is 5.56. The molecule has 2 N–H and O–H groups in total. The molecule has 0 saturated carbocycles. The van der Waals surface area contributed by atoms with Crippen LogP contribution in [0.2, 0.25) is 0 Å². The lowest BCUT2D eigenvalue weighted by Gasteiger charge is -2.30. The molecular formula is C14H23N3O2S. The fourth-order valence-electron chi connectivity index (χ4n) is 2.10. The van der Waals surface area contributed by atoms with Crippen molar-refractivity contribution in [3.8, 4) is 0 Å². The van der Waals surface area contributed by atoms with E-state index in [4.69, 9.17) is 0 Å². The summed E-state index contributed by atoms with van der Waals surface area (Å²) >= 11 is 1.80. The number of aromatic carboxylic acids is 1. The van der Waals surface area contributed by atoms with Crippen molar-refractivity contribution in [3.63, 3.8) is 0 Å². The van der Waals surface area contributed by atoms with Crippen LogP contribution in [-0.2, 0) is 0 Å². The molecule has 0 unspecified atom stereocenters. The zero-order chi connectivity index (χ0) is 15.3. The smallest absolute Gasteiger partial charge is 0.339 e. The number of aromatic nitrogens is 2. The molecule has 0 aliphatic carbocycles. The average molecular weight is 297 g/mol. The Morgan fingerprint density at radius 3 is 2.35 bits per heavy atom. The fraction of sp³-hybridized carbons (Fsp3) is 0.643. The number of rotatable bonds is 7. The topological polar surface area (TPSA) is 75.1 Å². The third kappa shape index (κ3) is 3.42. The van der Waals surface area contributed by atoms with E-state index in [1.807, 2.05) is 0 Å². The third-order valence-electron chi connectivity index (χ3n) is 3.97. The number of carboxylic acid groups (broad SMARTS) is 1. The minimum atomic E-state index is -0.967. The van der Waals surface area contributed by atoms with Crippen molar-refractivity contribution < 1.29 is 9.90 Å². The minimum absolute atomic E-state index is 0.0935. The van der Waals surface area contributed by atoms with Crippen molar-refractivity contribution in [2.45, 2.75) is 45.3 Å². The lowest BCUT2D eigenvalue weighted by Crippen LogP contribution is -2.33. The SMILES string of the molecule is CCC(CC)(CNc1nnc(C)c(C)c1C(=O)O)SC. The van der Waals surface area contributed by atoms with Gasteiger partial charge in [0.2, 0.25) is 0 Å². The van der Waals surface area contributed by atoms with Crippen LogP contribution in [0.5, 0.6) is 0 Å². The van der Waals surface area contributed by atoms with E-state index in [1.54, 1.807) is 25.6 Å². The second kappa shape index (κ2) is 6.92. The van der Waals surface area contributed by atoms with Crippen molar-refractivity contribution in [2.24, 2.45) is 0 Å². The monoisotopic (exact) mass is 297 g/mol. The molecule has 20 heavy (non-hydrogen) atoms. The van der Waals surface area contributed by atoms with Gasteiger partial charge in [-0.1, -0.05) is 13.8 Å². The summed E-state index contributed by atoms with van der Waals surface area (Å²) in [7, 11) is 0. The minimum Gasteiger partial charge on any atom is -0.478 e. The normalized spacial score (nSPS) is 11.4. The number of anilines is 1. The van der Waals surface area contributed by atoms with E-state index in [9.17, 15) is 9.90 Å². The van der Waals surface area contributed by atoms with Crippen LogP contribution in [0.3, 0.4) is 0 Å². The van der Waals surface area contributed by atoms with Gasteiger partial charge in [0, 0.05) is 11.3 Å². The van der Waals surface area contributed by atoms with Crippen LogP contribution in [0.4, 0.5) is 5.82 Å². The number of hydrogen-bond acceptors (Lipinski definition) is 5. The van der Waals surface area contributed by atoms with E-state index in [0.717, 1.165) is 12.8 Å². The Bertz CT molecular complexity index is 479. The van der Waals surface area contributed by atoms with E-state index in [-0.39, 0.29) is 10.3 Å². The van der Waals surface area contributed by atoms with Gasteiger partial charge in [-0.05, 0) is 38.5 Å². The highest BCUT2D eigenvalue weighted by atomic mass is 32.2. The molecule has 0 aliphatic rings. The first-order chi connectivity index (χ1) is 9.40. The number of aryl methyl sites for hydroxylation is 1. The van der Waals surface area contributed by atoms with Crippen molar-refractivity contribution in [3.05, 3.63) is 16.8 Å². The molecule has 0 aromatic carbocycles. The van der Waals surface area contributed by atoms with Crippen molar-refractivity contribution in [2.75, 3.05) is 18.1 Å². The molecule has 1 aromatic rings. The molecule has 112 valence electrons. The van der Waals surface area contributed by atoms with E-state index in [1.165, 1.54) is 0 Å². The van der Waals surface area contributed by atoms with E-state index in [0.29, 0.717) is 23.6 Å². The number of carbonyl (C=O) groups is 1. The highest BCUT2D eigenvalue weighted by Crippen LogP contribution is 2.31. The Balaban J connectivity index is 3.04. The summed E-state index contributed by atoms with van der Waals surface area (Å²) in [6, 6.07) is 0. The second-order valence-corrected chi connectivity index (χ2v) is 6.16. The van der Waals surface area contributed by atoms with Gasteiger partial charge in [0.25, 0.3) is 0 Å². The highest BCUT2D eigenvalue weighted by Gasteiger charge is 2.26. The summed E-state index contributed by atoms with van der Waals surface area (Å²) in [6.07, 6.45) is 4.11. The van der Waals surface area contributed by atoms with Crippen molar-refractivity contribution >= 4 is 23.5 Å². The van der Waals surface area contributed by atoms with E-state index >= 15 is 0 Å². The van der Waals surface area contributed by atoms with Crippen LogP contribution in [-0.4, -0.2) is 38.8 Å². The molecule has 0 spiro atoms. The molecule has 1 rings (SSSR count). The molecule has 0 radical (unpaired) electrons. The summed E-state index contributed by atoms with van der Waals surface area (Å²) in [5, 5.41) is 20.6. The van der Waals surface area contributed by atoms with Crippen LogP contribution in [0.25, 0.3) is 0 Å². The highest BCUT2D eigenvalue weighted by molar-refractivity contribution is 8.00. The van der Waals surface area contributed by atoms with Crippen molar-refractivity contribution in [1.82, 2.24) is 10.2 Å². The Hall–Kier alpha value is -1.30. The van der Waals surface area contributed by atoms with Gasteiger partial charge in [-0.3, -0.25) is 0 Å². The van der Waals surface area contributed by atoms with Gasteiger partial charge in [0.1, 0.15) is 5.56 Å². The fourth-order valence-corrected chi connectivity index (χ4v) is 2.89. The largest absolute Gasteiger partial charge is 0.478 e. The Labute approximate surface area is 124 Å². The maximum atomic E-state index is 11.4. The average Bonchev–Trinajstić information content (AvgIpc) is 2.44. The number of carboxylic acids is 1. The summed E-state index contributed by atoms with van der Waals surface area (Å²) in [5.74, 6) is -0.605. The molecule has 6 heteroatoms. The number of hydrogen-bond donors (Lipinski definition) is 2. The molecule has 0 saturated heterocycles. The van der Waals surface area contributed by atoms with Crippen LogP contribution >= 0.6 is 11.8 Å². The second-order valence-electron chi connectivity index (χ2n) is 4.89. The Morgan fingerprint density at radius 2 is 1.90 bits per heavy atom. The lowest BCUT2D eigenvalue weighted by molar-refractivity contribution is 0.0696. The molecule has 0 atom stereocenters. The van der Waals surface area contributed by atoms with Gasteiger partial charge in [0.05, 0.1) is 5.69 Å². The maximum absolute atomic E-state index is 11.4. The lowest BCUT2D eigenvalue weighted by atomic mass is 10.0. The first kappa shape index (κ1) is 16.8. The standard InChI is InChI=1S/C14H23N3O2S/c1-6-14(7-2,20-5)8-15-12-11(13(18)19)9(3)10(4)16-17-12/h6-8H2,1-5H3,(H,15,17)(H,18,19). The molecule has 1 heterocycles. The summed E-state index contributed by atoms with van der Waals surface area (Å²) < 4.78 is 0.0935. The Morgan fingerprint density at radius 1 is 1.30 bits per heavy atom. The molecule has 0 aliphatic heterocycles. The van der Waals surface area contributed by atoms with Gasteiger partial charge < -0.3 is 10.4 Å². The van der Waals surface area contributed by atoms with Gasteiger partial charge in [-0.25, -0.2) is 4.79 Å². The summed E-state index contributed by atoms with van der Waals surface area (Å²) in [6.45, 7) is 8.50. The molecule has 5 nitrogen and oxygen atoms in total. The first-order valence-electron chi connectivity index (χ1n) is 6.77. The van der Waals surface area contributed by atoms with Crippen LogP contribution in [0.1, 0.15) is 48.3 Å². The first-order valence-corrected chi connectivity index (χ1v) is 7.99. The predicted molar refractivity (Wildman–Crippen MR) is 83.8 cm³/mol. The van der Waals surface area contributed by atoms with E-state index in [2.05, 4.69) is 35.6 Å². The van der Waals surface area contributed by atoms with Gasteiger partial charge in [-0.15, -0.1) is 5.10 Å². The van der Waals surface area contributed by atoms with Crippen LogP contribution in [0.15, 0.2) is 0 Å². The quantitative estimate of drug-likeness (QED) is 0.805. The zero-order valence-corrected chi connectivity index (χ0v) is 13.6. The summed E-state index contributed by atoms with van der Waals surface area (Å²) in [4.78, 5) is 11.4. The Kier molecular flexibility index (Phi) is 5.80. The van der Waals surface area contributed by atoms with E-state index < -0.39 is 5.97 Å². The number of nitrogens with one attached hydrogen (secondary N) is 1. The van der Waals surface area contributed by atoms with Gasteiger partial charge >= 0.3 is 5.97 Å². The molecular weight excluding hydrogens is 274 g/mol. The molecule has 0 fully saturated rings. The predicted octanol–water partition coefficient (Wildman–Crippen LogP) is 3.13. The van der Waals surface area contributed by atoms with Crippen LogP contribution < -0.4 is 5.32 Å². The molecule has 0 bridgehead atoms. The molecule has 0 amide bonds. The van der Waals surface area contributed by atoms with Gasteiger partial charge in [-0.2, -0.15) is 16.9 Å².